The van der Waals surface area contributed by atoms with E-state index in [-0.39, 0.29) is 10.9 Å². The molecule has 0 atom stereocenters. The van der Waals surface area contributed by atoms with Crippen molar-refractivity contribution in [2.45, 2.75) is 11.2 Å². The lowest BCUT2D eigenvalue weighted by Gasteiger charge is -2.12. The quantitative estimate of drug-likeness (QED) is 0.580. The number of alkyl halides is 3. The highest BCUT2D eigenvalue weighted by molar-refractivity contribution is 7.58. The molecule has 0 saturated heterocycles. The molecule has 0 amide bonds. The summed E-state index contributed by atoms with van der Waals surface area (Å²) in [5.41, 5.74) is -0.652. The van der Waals surface area contributed by atoms with Crippen molar-refractivity contribution in [3.05, 3.63) is 36.3 Å². The summed E-state index contributed by atoms with van der Waals surface area (Å²) in [7, 11) is 0. The van der Waals surface area contributed by atoms with Gasteiger partial charge in [-0.05, 0) is 18.2 Å². The molecule has 2 rings (SSSR count). The van der Waals surface area contributed by atoms with Crippen LogP contribution in [0.25, 0.3) is 11.4 Å². The van der Waals surface area contributed by atoms with Crippen LogP contribution < -0.4 is 0 Å². The lowest BCUT2D eigenvalue weighted by molar-refractivity contribution is -0.141. The van der Waals surface area contributed by atoms with Gasteiger partial charge in [0.15, 0.2) is 5.82 Å². The van der Waals surface area contributed by atoms with E-state index in [0.717, 1.165) is 6.07 Å². The fourth-order valence-corrected chi connectivity index (χ4v) is 1.39. The predicted molar refractivity (Wildman–Crippen MR) is 55.9 cm³/mol. The molecule has 2 aromatic rings. The second-order valence-electron chi connectivity index (χ2n) is 3.15. The first-order valence-corrected chi connectivity index (χ1v) is 4.91. The summed E-state index contributed by atoms with van der Waals surface area (Å²) < 4.78 is 37.5. The molecule has 0 saturated carbocycles. The lowest BCUT2D eigenvalue weighted by Crippen LogP contribution is -2.10. The molecule has 2 heterocycles. The van der Waals surface area contributed by atoms with Gasteiger partial charge in [0, 0.05) is 18.0 Å². The third-order valence-electron chi connectivity index (χ3n) is 1.91. The summed E-state index contributed by atoms with van der Waals surface area (Å²) in [6.45, 7) is 0. The summed E-state index contributed by atoms with van der Waals surface area (Å²) >= 11 is 4.68. The normalized spacial score (nSPS) is 11.5. The Hall–Kier alpha value is -1.76. The fourth-order valence-electron chi connectivity index (χ4n) is 1.19. The molecule has 0 N–H and O–H groups in total. The summed E-state index contributed by atoms with van der Waals surface area (Å²) in [5.74, 6) is -0.0714. The standard InChI is InChI=1S/C10H6F3N3S/c11-10(12,13)7-4-8(17)16-9(15-7)6-2-1-3-14-5-6/h1-5H,(H,15,16,17)/p-1. The minimum Gasteiger partial charge on any atom is -0.760 e. The second-order valence-corrected chi connectivity index (χ2v) is 3.57. The maximum absolute atomic E-state index is 12.5. The largest absolute Gasteiger partial charge is 0.760 e. The number of pyridine rings is 1. The van der Waals surface area contributed by atoms with Gasteiger partial charge in [0.2, 0.25) is 0 Å². The van der Waals surface area contributed by atoms with Crippen LogP contribution in [0.2, 0.25) is 0 Å². The maximum atomic E-state index is 12.5. The van der Waals surface area contributed by atoms with Gasteiger partial charge in [-0.25, -0.2) is 4.98 Å². The molecule has 0 aliphatic rings. The van der Waals surface area contributed by atoms with Gasteiger partial charge in [0.1, 0.15) is 5.69 Å². The molecule has 17 heavy (non-hydrogen) atoms. The van der Waals surface area contributed by atoms with Crippen molar-refractivity contribution in [1.29, 1.82) is 0 Å². The van der Waals surface area contributed by atoms with E-state index in [1.54, 1.807) is 12.1 Å². The van der Waals surface area contributed by atoms with Crippen molar-refractivity contribution in [2.75, 3.05) is 0 Å². The molecule has 0 radical (unpaired) electrons. The van der Waals surface area contributed by atoms with Gasteiger partial charge in [0.25, 0.3) is 0 Å². The molecule has 0 aromatic carbocycles. The minimum absolute atomic E-state index is 0.0714. The molecular weight excluding hydrogens is 251 g/mol. The fraction of sp³-hybridized carbons (Fsp3) is 0.100. The third-order valence-corrected chi connectivity index (χ3v) is 2.12. The summed E-state index contributed by atoms with van der Waals surface area (Å²) in [6, 6.07) is 3.88. The minimum atomic E-state index is -4.53. The van der Waals surface area contributed by atoms with E-state index >= 15 is 0 Å². The van der Waals surface area contributed by atoms with Crippen LogP contribution in [0.1, 0.15) is 5.69 Å². The SMILES string of the molecule is FC(F)(F)c1cc([S-])nc(-c2cccnc2)n1. The van der Waals surface area contributed by atoms with Crippen LogP contribution in [0.4, 0.5) is 13.2 Å². The zero-order chi connectivity index (χ0) is 12.5. The predicted octanol–water partition coefficient (Wildman–Crippen LogP) is 2.46. The Morgan fingerprint density at radius 2 is 1.94 bits per heavy atom. The molecule has 0 aliphatic carbocycles. The number of hydrogen-bond acceptors (Lipinski definition) is 4. The van der Waals surface area contributed by atoms with Gasteiger partial charge in [-0.15, -0.1) is 0 Å². The summed E-state index contributed by atoms with van der Waals surface area (Å²) in [6.07, 6.45) is -1.65. The van der Waals surface area contributed by atoms with Crippen molar-refractivity contribution in [1.82, 2.24) is 15.0 Å². The average molecular weight is 256 g/mol. The molecule has 0 aliphatic heterocycles. The summed E-state index contributed by atoms with van der Waals surface area (Å²) in [4.78, 5) is 11.0. The molecule has 2 aromatic heterocycles. The number of aromatic nitrogens is 3. The van der Waals surface area contributed by atoms with Gasteiger partial charge in [-0.3, -0.25) is 9.97 Å². The van der Waals surface area contributed by atoms with Crippen LogP contribution >= 0.6 is 0 Å². The van der Waals surface area contributed by atoms with E-state index in [0.29, 0.717) is 5.56 Å². The van der Waals surface area contributed by atoms with Gasteiger partial charge in [-0.2, -0.15) is 13.2 Å². The van der Waals surface area contributed by atoms with E-state index < -0.39 is 11.9 Å². The molecule has 0 fully saturated rings. The van der Waals surface area contributed by atoms with E-state index in [1.165, 1.54) is 12.4 Å². The summed E-state index contributed by atoms with van der Waals surface area (Å²) in [5, 5.41) is -0.147. The van der Waals surface area contributed by atoms with E-state index in [1.807, 2.05) is 0 Å². The van der Waals surface area contributed by atoms with Crippen LogP contribution in [-0.2, 0) is 18.8 Å². The van der Waals surface area contributed by atoms with Crippen LogP contribution in [0.15, 0.2) is 35.6 Å². The lowest BCUT2D eigenvalue weighted by atomic mass is 10.2. The van der Waals surface area contributed by atoms with Gasteiger partial charge in [-0.1, -0.05) is 5.03 Å². The Kier molecular flexibility index (Phi) is 2.93. The molecule has 88 valence electrons. The van der Waals surface area contributed by atoms with Gasteiger partial charge < -0.3 is 12.6 Å². The number of rotatable bonds is 1. The molecule has 0 bridgehead atoms. The number of hydrogen-bond donors (Lipinski definition) is 0. The van der Waals surface area contributed by atoms with E-state index in [4.69, 9.17) is 0 Å². The zero-order valence-corrected chi connectivity index (χ0v) is 9.09. The highest BCUT2D eigenvalue weighted by atomic mass is 32.1. The number of nitrogens with zero attached hydrogens (tertiary/aromatic N) is 3. The van der Waals surface area contributed by atoms with E-state index in [2.05, 4.69) is 27.6 Å². The molecule has 3 nitrogen and oxygen atoms in total. The average Bonchev–Trinajstić information content (AvgIpc) is 2.28. The molecular formula is C10H5F3N3S-. The molecule has 0 spiro atoms. The van der Waals surface area contributed by atoms with Crippen molar-refractivity contribution in [2.24, 2.45) is 0 Å². The van der Waals surface area contributed by atoms with Crippen molar-refractivity contribution < 1.29 is 13.2 Å². The Balaban J connectivity index is 2.54. The van der Waals surface area contributed by atoms with Crippen LogP contribution in [-0.4, -0.2) is 15.0 Å². The van der Waals surface area contributed by atoms with Gasteiger partial charge in [0.05, 0.1) is 0 Å². The smallest absolute Gasteiger partial charge is 0.433 e. The number of halogens is 3. The highest BCUT2D eigenvalue weighted by Gasteiger charge is 2.32. The first-order chi connectivity index (χ1) is 7.97. The first kappa shape index (κ1) is 11.7. The monoisotopic (exact) mass is 256 g/mol. The molecule has 7 heteroatoms. The highest BCUT2D eigenvalue weighted by Crippen LogP contribution is 2.29. The van der Waals surface area contributed by atoms with Crippen LogP contribution in [0.3, 0.4) is 0 Å². The second kappa shape index (κ2) is 4.25. The topological polar surface area (TPSA) is 38.7 Å². The van der Waals surface area contributed by atoms with Crippen LogP contribution in [0, 0.1) is 0 Å². The Morgan fingerprint density at radius 3 is 2.53 bits per heavy atom. The van der Waals surface area contributed by atoms with Gasteiger partial charge >= 0.3 is 6.18 Å². The van der Waals surface area contributed by atoms with Crippen molar-refractivity contribution in [3.8, 4) is 11.4 Å². The van der Waals surface area contributed by atoms with Crippen molar-refractivity contribution >= 4 is 12.6 Å². The Labute approximate surface area is 100 Å². The van der Waals surface area contributed by atoms with Crippen LogP contribution in [0.5, 0.6) is 0 Å². The Bertz CT molecular complexity index is 528. The molecule has 0 unspecified atom stereocenters. The van der Waals surface area contributed by atoms with E-state index in [9.17, 15) is 13.2 Å². The Morgan fingerprint density at radius 1 is 1.18 bits per heavy atom. The maximum Gasteiger partial charge on any atom is 0.433 e. The van der Waals surface area contributed by atoms with Crippen molar-refractivity contribution in [3.63, 3.8) is 0 Å². The zero-order valence-electron chi connectivity index (χ0n) is 8.27. The third kappa shape index (κ3) is 2.68. The first-order valence-electron chi connectivity index (χ1n) is 4.50.